The summed E-state index contributed by atoms with van der Waals surface area (Å²) in [6, 6.07) is 8.20. The summed E-state index contributed by atoms with van der Waals surface area (Å²) in [7, 11) is 1.51. The molecule has 2 aromatic rings. The van der Waals surface area contributed by atoms with Crippen LogP contribution in [0.1, 0.15) is 22.5 Å². The van der Waals surface area contributed by atoms with Crippen molar-refractivity contribution >= 4 is 30.1 Å². The number of amides is 1. The van der Waals surface area contributed by atoms with E-state index in [4.69, 9.17) is 16.0 Å². The molecule has 0 aliphatic heterocycles. The first-order chi connectivity index (χ1) is 14.3. The van der Waals surface area contributed by atoms with Gasteiger partial charge >= 0.3 is 0 Å². The van der Waals surface area contributed by atoms with Gasteiger partial charge in [-0.25, -0.2) is 10.0 Å². The van der Waals surface area contributed by atoms with Gasteiger partial charge in [-0.2, -0.15) is 0 Å². The van der Waals surface area contributed by atoms with Crippen molar-refractivity contribution in [2.45, 2.75) is 26.7 Å². The molecule has 0 aliphatic rings. The molecule has 2 rings (SSSR count). The molecule has 6 N–H and O–H groups in total. The fourth-order valence-electron chi connectivity index (χ4n) is 2.60. The smallest absolute Gasteiger partial charge is 0.290 e. The Balaban J connectivity index is 0.00000480. The zero-order chi connectivity index (χ0) is 22.1. The van der Waals surface area contributed by atoms with Crippen molar-refractivity contribution < 1.29 is 9.63 Å². The van der Waals surface area contributed by atoms with Gasteiger partial charge in [0.2, 0.25) is 11.9 Å². The second-order valence-electron chi connectivity index (χ2n) is 6.89. The number of H-pyrrole nitrogens is 1. The molecule has 0 unspecified atom stereocenters. The SMILES string of the molecule is Cc1ccc(CCNc2nc(CC(=O)NCCON(C)C(=N)N)c(C)[nH]c2=O)cc1.Cl. The fraction of sp³-hybridized carbons (Fsp3) is 0.400. The number of benzene rings is 1. The third kappa shape index (κ3) is 8.65. The largest absolute Gasteiger partial charge is 0.368 e. The van der Waals surface area contributed by atoms with E-state index in [1.807, 2.05) is 19.1 Å². The summed E-state index contributed by atoms with van der Waals surface area (Å²) < 4.78 is 0. The number of halogens is 1. The lowest BCUT2D eigenvalue weighted by atomic mass is 10.1. The van der Waals surface area contributed by atoms with E-state index in [2.05, 4.69) is 32.7 Å². The van der Waals surface area contributed by atoms with Crippen molar-refractivity contribution in [1.29, 1.82) is 5.41 Å². The van der Waals surface area contributed by atoms with E-state index in [-0.39, 0.29) is 55.2 Å². The van der Waals surface area contributed by atoms with E-state index in [0.717, 1.165) is 17.0 Å². The number of nitrogens with two attached hydrogens (primary N) is 1. The highest BCUT2D eigenvalue weighted by atomic mass is 35.5. The Morgan fingerprint density at radius 2 is 1.94 bits per heavy atom. The summed E-state index contributed by atoms with van der Waals surface area (Å²) in [6.07, 6.45) is 0.775. The number of hydroxylamine groups is 2. The van der Waals surface area contributed by atoms with Gasteiger partial charge in [-0.05, 0) is 25.8 Å². The van der Waals surface area contributed by atoms with Crippen LogP contribution in [0.5, 0.6) is 0 Å². The number of aromatic amines is 1. The van der Waals surface area contributed by atoms with Crippen LogP contribution < -0.4 is 21.9 Å². The topological polar surface area (TPSA) is 149 Å². The van der Waals surface area contributed by atoms with E-state index < -0.39 is 0 Å². The Labute approximate surface area is 187 Å². The number of carbonyl (C=O) groups is 1. The van der Waals surface area contributed by atoms with Crippen LogP contribution in [0.25, 0.3) is 0 Å². The van der Waals surface area contributed by atoms with Gasteiger partial charge < -0.3 is 21.4 Å². The van der Waals surface area contributed by atoms with Crippen LogP contribution in [0.4, 0.5) is 5.82 Å². The Morgan fingerprint density at radius 1 is 1.26 bits per heavy atom. The van der Waals surface area contributed by atoms with Crippen LogP contribution in [-0.4, -0.2) is 53.6 Å². The van der Waals surface area contributed by atoms with Crippen molar-refractivity contribution in [2.24, 2.45) is 5.73 Å². The fourth-order valence-corrected chi connectivity index (χ4v) is 2.60. The van der Waals surface area contributed by atoms with Crippen molar-refractivity contribution in [3.63, 3.8) is 0 Å². The minimum atomic E-state index is -0.318. The summed E-state index contributed by atoms with van der Waals surface area (Å²) in [6.45, 7) is 4.71. The van der Waals surface area contributed by atoms with Crippen LogP contribution in [0.3, 0.4) is 0 Å². The molecule has 0 bridgehead atoms. The quantitative estimate of drug-likeness (QED) is 0.156. The molecule has 0 fully saturated rings. The first-order valence-electron chi connectivity index (χ1n) is 9.63. The van der Waals surface area contributed by atoms with E-state index >= 15 is 0 Å². The maximum Gasteiger partial charge on any atom is 0.290 e. The van der Waals surface area contributed by atoms with E-state index in [1.165, 1.54) is 12.6 Å². The van der Waals surface area contributed by atoms with E-state index in [1.54, 1.807) is 6.92 Å². The van der Waals surface area contributed by atoms with Crippen LogP contribution in [0, 0.1) is 19.3 Å². The molecule has 1 amide bonds. The van der Waals surface area contributed by atoms with Gasteiger partial charge in [-0.1, -0.05) is 29.8 Å². The number of carbonyl (C=O) groups excluding carboxylic acids is 1. The average molecular weight is 452 g/mol. The monoisotopic (exact) mass is 451 g/mol. The Bertz CT molecular complexity index is 931. The van der Waals surface area contributed by atoms with E-state index in [9.17, 15) is 9.59 Å². The molecular weight excluding hydrogens is 422 g/mol. The highest BCUT2D eigenvalue weighted by Gasteiger charge is 2.12. The normalized spacial score (nSPS) is 10.2. The first kappa shape index (κ1) is 25.9. The standard InChI is InChI=1S/C20H29N7O3.ClH/c1-13-4-6-15(7-5-13)8-9-24-18-19(29)25-14(2)16(26-18)12-17(28)23-10-11-30-27(3)20(21)22;/h4-7H,8-12H2,1-3H3,(H3,21,22)(H,23,28)(H,24,26)(H,25,29);1H. The molecular formula is C20H30ClN7O3. The summed E-state index contributed by atoms with van der Waals surface area (Å²) in [4.78, 5) is 36.5. The number of aromatic nitrogens is 2. The van der Waals surface area contributed by atoms with E-state index in [0.29, 0.717) is 17.9 Å². The molecule has 0 saturated heterocycles. The number of hydrogen-bond acceptors (Lipinski definition) is 6. The predicted octanol–water partition coefficient (Wildman–Crippen LogP) is 0.879. The maximum absolute atomic E-state index is 12.2. The van der Waals surface area contributed by atoms with Gasteiger partial charge in [0.15, 0.2) is 5.82 Å². The molecule has 0 aliphatic carbocycles. The number of guanidine groups is 1. The molecule has 170 valence electrons. The number of hydrogen-bond donors (Lipinski definition) is 5. The van der Waals surface area contributed by atoms with Crippen molar-refractivity contribution in [1.82, 2.24) is 20.3 Å². The molecule has 1 heterocycles. The summed E-state index contributed by atoms with van der Waals surface area (Å²) in [5.74, 6) is -0.281. The molecule has 0 saturated carbocycles. The number of aryl methyl sites for hydroxylation is 2. The molecule has 1 aromatic heterocycles. The van der Waals surface area contributed by atoms with Crippen LogP contribution in [0.15, 0.2) is 29.1 Å². The highest BCUT2D eigenvalue weighted by molar-refractivity contribution is 5.85. The molecule has 0 radical (unpaired) electrons. The third-order valence-corrected chi connectivity index (χ3v) is 4.40. The van der Waals surface area contributed by atoms with Crippen molar-refractivity contribution in [3.05, 3.63) is 57.1 Å². The molecule has 31 heavy (non-hydrogen) atoms. The van der Waals surface area contributed by atoms with Crippen LogP contribution in [-0.2, 0) is 22.5 Å². The van der Waals surface area contributed by atoms with Gasteiger partial charge in [0.1, 0.15) is 0 Å². The second kappa shape index (κ2) is 12.6. The lowest BCUT2D eigenvalue weighted by Crippen LogP contribution is -2.36. The lowest BCUT2D eigenvalue weighted by molar-refractivity contribution is -0.122. The predicted molar refractivity (Wildman–Crippen MR) is 123 cm³/mol. The number of nitrogens with one attached hydrogen (secondary N) is 4. The number of rotatable bonds is 10. The zero-order valence-electron chi connectivity index (χ0n) is 17.9. The Kier molecular flexibility index (Phi) is 10.5. The van der Waals surface area contributed by atoms with Crippen molar-refractivity contribution in [3.8, 4) is 0 Å². The molecule has 11 heteroatoms. The summed E-state index contributed by atoms with van der Waals surface area (Å²) in [5, 5.41) is 14.0. The number of nitrogens with zero attached hydrogens (tertiary/aromatic N) is 2. The summed E-state index contributed by atoms with van der Waals surface area (Å²) >= 11 is 0. The maximum atomic E-state index is 12.2. The lowest BCUT2D eigenvalue weighted by Gasteiger charge is -2.16. The zero-order valence-corrected chi connectivity index (χ0v) is 18.8. The first-order valence-corrected chi connectivity index (χ1v) is 9.63. The molecule has 0 atom stereocenters. The number of anilines is 1. The Hall–Kier alpha value is -3.11. The Morgan fingerprint density at radius 3 is 2.58 bits per heavy atom. The van der Waals surface area contributed by atoms with Crippen LogP contribution >= 0.6 is 12.4 Å². The summed E-state index contributed by atoms with van der Waals surface area (Å²) in [5.41, 5.74) is 8.33. The van der Waals surface area contributed by atoms with Gasteiger partial charge in [0.05, 0.1) is 18.7 Å². The minimum Gasteiger partial charge on any atom is -0.368 e. The third-order valence-electron chi connectivity index (χ3n) is 4.40. The molecule has 1 aromatic carbocycles. The minimum absolute atomic E-state index is 0. The highest BCUT2D eigenvalue weighted by Crippen LogP contribution is 2.06. The molecule has 0 spiro atoms. The second-order valence-corrected chi connectivity index (χ2v) is 6.89. The van der Waals surface area contributed by atoms with Gasteiger partial charge in [0.25, 0.3) is 5.56 Å². The average Bonchev–Trinajstić information content (AvgIpc) is 2.69. The van der Waals surface area contributed by atoms with Crippen molar-refractivity contribution in [2.75, 3.05) is 32.1 Å². The van der Waals surface area contributed by atoms with Gasteiger partial charge in [-0.15, -0.1) is 12.4 Å². The molecule has 10 nitrogen and oxygen atoms in total. The van der Waals surface area contributed by atoms with Gasteiger partial charge in [-0.3, -0.25) is 19.8 Å². The van der Waals surface area contributed by atoms with Crippen LogP contribution in [0.2, 0.25) is 0 Å². The van der Waals surface area contributed by atoms with Gasteiger partial charge in [0, 0.05) is 25.8 Å².